The van der Waals surface area contributed by atoms with Gasteiger partial charge in [-0.1, -0.05) is 18.2 Å². The number of hydrogen-bond acceptors (Lipinski definition) is 3. The topological polar surface area (TPSA) is 89.2 Å². The molecule has 1 aromatic heterocycles. The summed E-state index contributed by atoms with van der Waals surface area (Å²) in [5.41, 5.74) is 9.34. The summed E-state index contributed by atoms with van der Waals surface area (Å²) in [7, 11) is 0. The molecule has 7 heteroatoms. The lowest BCUT2D eigenvalue weighted by Gasteiger charge is -2.12. The van der Waals surface area contributed by atoms with Crippen LogP contribution in [-0.2, 0) is 11.3 Å². The van der Waals surface area contributed by atoms with Crippen LogP contribution in [0.2, 0.25) is 0 Å². The smallest absolute Gasteiger partial charge is 0.272 e. The van der Waals surface area contributed by atoms with Crippen molar-refractivity contribution in [2.75, 3.05) is 16.4 Å². The van der Waals surface area contributed by atoms with Crippen LogP contribution in [0.15, 0.2) is 72.8 Å². The van der Waals surface area contributed by atoms with Gasteiger partial charge in [0.25, 0.3) is 5.91 Å². The Bertz CT molecular complexity index is 1280. The molecule has 0 aliphatic rings. The van der Waals surface area contributed by atoms with Crippen molar-refractivity contribution in [1.82, 2.24) is 4.57 Å². The van der Waals surface area contributed by atoms with Gasteiger partial charge in [0.15, 0.2) is 0 Å². The zero-order valence-electron chi connectivity index (χ0n) is 16.9. The molecule has 0 saturated carbocycles. The SMILES string of the molecule is CC(=O)Nc1ccc(NC(=O)c2cc3cc(N)ccc3n2Cc2ccccc2F)cc1. The third-order valence-electron chi connectivity index (χ3n) is 4.91. The summed E-state index contributed by atoms with van der Waals surface area (Å²) in [6.45, 7) is 1.63. The predicted octanol–water partition coefficient (Wildman–Crippen LogP) is 4.62. The summed E-state index contributed by atoms with van der Waals surface area (Å²) in [5, 5.41) is 6.33. The quantitative estimate of drug-likeness (QED) is 0.415. The summed E-state index contributed by atoms with van der Waals surface area (Å²) in [6.07, 6.45) is 0. The standard InChI is InChI=1S/C24H21FN4O2/c1-15(30)27-19-7-9-20(10-8-19)28-24(31)23-13-17-12-18(26)6-11-22(17)29(23)14-16-4-2-3-5-21(16)25/h2-13H,14,26H2,1H3,(H,27,30)(H,28,31). The molecule has 4 rings (SSSR count). The Labute approximate surface area is 178 Å². The van der Waals surface area contributed by atoms with Gasteiger partial charge < -0.3 is 20.9 Å². The van der Waals surface area contributed by atoms with Crippen molar-refractivity contribution in [3.05, 3.63) is 89.9 Å². The lowest BCUT2D eigenvalue weighted by molar-refractivity contribution is -0.114. The minimum Gasteiger partial charge on any atom is -0.399 e. The second kappa shape index (κ2) is 8.31. The van der Waals surface area contributed by atoms with E-state index in [2.05, 4.69) is 10.6 Å². The molecule has 6 nitrogen and oxygen atoms in total. The number of anilines is 3. The highest BCUT2D eigenvalue weighted by Crippen LogP contribution is 2.25. The Morgan fingerprint density at radius 1 is 0.935 bits per heavy atom. The highest BCUT2D eigenvalue weighted by molar-refractivity contribution is 6.06. The van der Waals surface area contributed by atoms with Gasteiger partial charge in [-0.15, -0.1) is 0 Å². The number of fused-ring (bicyclic) bond motifs is 1. The number of carbonyl (C=O) groups excluding carboxylic acids is 2. The third-order valence-corrected chi connectivity index (χ3v) is 4.91. The Kier molecular flexibility index (Phi) is 5.41. The zero-order chi connectivity index (χ0) is 22.0. The van der Waals surface area contributed by atoms with Crippen molar-refractivity contribution >= 4 is 39.8 Å². The van der Waals surface area contributed by atoms with E-state index in [4.69, 9.17) is 5.73 Å². The Balaban J connectivity index is 1.68. The first-order valence-electron chi connectivity index (χ1n) is 9.72. The van der Waals surface area contributed by atoms with Gasteiger partial charge >= 0.3 is 0 Å². The summed E-state index contributed by atoms with van der Waals surface area (Å²) in [4.78, 5) is 24.3. The summed E-state index contributed by atoms with van der Waals surface area (Å²) in [5.74, 6) is -0.841. The van der Waals surface area contributed by atoms with Crippen LogP contribution in [0, 0.1) is 5.82 Å². The molecule has 0 aliphatic carbocycles. The molecule has 4 N–H and O–H groups in total. The molecule has 0 aliphatic heterocycles. The summed E-state index contributed by atoms with van der Waals surface area (Å²) < 4.78 is 16.1. The highest BCUT2D eigenvalue weighted by atomic mass is 19.1. The molecule has 2 amide bonds. The van der Waals surface area contributed by atoms with Crippen LogP contribution in [0.1, 0.15) is 23.0 Å². The molecule has 0 radical (unpaired) electrons. The normalized spacial score (nSPS) is 10.8. The van der Waals surface area contributed by atoms with Crippen LogP contribution in [0.5, 0.6) is 0 Å². The van der Waals surface area contributed by atoms with E-state index < -0.39 is 0 Å². The molecule has 0 fully saturated rings. The van der Waals surface area contributed by atoms with Crippen LogP contribution in [0.25, 0.3) is 10.9 Å². The summed E-state index contributed by atoms with van der Waals surface area (Å²) in [6, 6.07) is 20.4. The van der Waals surface area contributed by atoms with E-state index in [-0.39, 0.29) is 24.2 Å². The fraction of sp³-hybridized carbons (Fsp3) is 0.0833. The highest BCUT2D eigenvalue weighted by Gasteiger charge is 2.17. The van der Waals surface area contributed by atoms with Gasteiger partial charge in [0, 0.05) is 40.5 Å². The van der Waals surface area contributed by atoms with Crippen LogP contribution < -0.4 is 16.4 Å². The van der Waals surface area contributed by atoms with Crippen molar-refractivity contribution in [3.63, 3.8) is 0 Å². The lowest BCUT2D eigenvalue weighted by Crippen LogP contribution is -2.18. The molecule has 0 spiro atoms. The molecular formula is C24H21FN4O2. The van der Waals surface area contributed by atoms with Gasteiger partial charge in [-0.25, -0.2) is 4.39 Å². The van der Waals surface area contributed by atoms with E-state index >= 15 is 0 Å². The van der Waals surface area contributed by atoms with Gasteiger partial charge in [-0.05, 0) is 54.6 Å². The van der Waals surface area contributed by atoms with Gasteiger partial charge in [-0.2, -0.15) is 0 Å². The first-order chi connectivity index (χ1) is 14.9. The number of amides is 2. The van der Waals surface area contributed by atoms with Crippen LogP contribution in [-0.4, -0.2) is 16.4 Å². The van der Waals surface area contributed by atoms with E-state index in [0.717, 1.165) is 10.9 Å². The minimum absolute atomic E-state index is 0.172. The monoisotopic (exact) mass is 416 g/mol. The first kappa shape index (κ1) is 20.2. The number of nitrogens with one attached hydrogen (secondary N) is 2. The van der Waals surface area contributed by atoms with Crippen molar-refractivity contribution in [2.24, 2.45) is 0 Å². The number of carbonyl (C=O) groups is 2. The first-order valence-corrected chi connectivity index (χ1v) is 9.72. The predicted molar refractivity (Wildman–Crippen MR) is 121 cm³/mol. The fourth-order valence-electron chi connectivity index (χ4n) is 3.48. The van der Waals surface area contributed by atoms with E-state index in [0.29, 0.717) is 28.3 Å². The van der Waals surface area contributed by atoms with Crippen molar-refractivity contribution in [2.45, 2.75) is 13.5 Å². The number of hydrogen-bond donors (Lipinski definition) is 3. The molecule has 0 bridgehead atoms. The van der Waals surface area contributed by atoms with Crippen molar-refractivity contribution < 1.29 is 14.0 Å². The molecular weight excluding hydrogens is 395 g/mol. The van der Waals surface area contributed by atoms with Crippen LogP contribution >= 0.6 is 0 Å². The van der Waals surface area contributed by atoms with Crippen LogP contribution in [0.4, 0.5) is 21.5 Å². The van der Waals surface area contributed by atoms with E-state index in [1.54, 1.807) is 65.2 Å². The largest absolute Gasteiger partial charge is 0.399 e. The molecule has 156 valence electrons. The molecule has 1 heterocycles. The molecule has 3 aromatic carbocycles. The Hall–Kier alpha value is -4.13. The maximum Gasteiger partial charge on any atom is 0.272 e. The number of aromatic nitrogens is 1. The maximum atomic E-state index is 14.3. The second-order valence-corrected chi connectivity index (χ2v) is 7.24. The van der Waals surface area contributed by atoms with E-state index in [1.165, 1.54) is 13.0 Å². The number of nitrogens with zero attached hydrogens (tertiary/aromatic N) is 1. The fourth-order valence-corrected chi connectivity index (χ4v) is 3.48. The van der Waals surface area contributed by atoms with Gasteiger partial charge in [-0.3, -0.25) is 9.59 Å². The van der Waals surface area contributed by atoms with Crippen molar-refractivity contribution in [1.29, 1.82) is 0 Å². The average Bonchev–Trinajstić information content (AvgIpc) is 3.08. The Morgan fingerprint density at radius 2 is 1.61 bits per heavy atom. The van der Waals surface area contributed by atoms with Gasteiger partial charge in [0.2, 0.25) is 5.91 Å². The zero-order valence-corrected chi connectivity index (χ0v) is 16.9. The average molecular weight is 416 g/mol. The van der Waals surface area contributed by atoms with Gasteiger partial charge in [0.1, 0.15) is 11.5 Å². The molecule has 0 saturated heterocycles. The maximum absolute atomic E-state index is 14.3. The molecule has 4 aromatic rings. The summed E-state index contributed by atoms with van der Waals surface area (Å²) >= 11 is 0. The Morgan fingerprint density at radius 3 is 2.29 bits per heavy atom. The number of rotatable bonds is 5. The number of nitrogens with two attached hydrogens (primary N) is 1. The minimum atomic E-state index is -0.335. The molecule has 0 atom stereocenters. The molecule has 31 heavy (non-hydrogen) atoms. The third kappa shape index (κ3) is 4.40. The number of halogens is 1. The van der Waals surface area contributed by atoms with E-state index in [1.807, 2.05) is 6.07 Å². The van der Waals surface area contributed by atoms with E-state index in [9.17, 15) is 14.0 Å². The second-order valence-electron chi connectivity index (χ2n) is 7.24. The number of nitrogen functional groups attached to an aromatic ring is 1. The van der Waals surface area contributed by atoms with Crippen LogP contribution in [0.3, 0.4) is 0 Å². The van der Waals surface area contributed by atoms with Gasteiger partial charge in [0.05, 0.1) is 6.54 Å². The molecule has 0 unspecified atom stereocenters. The number of benzene rings is 3. The lowest BCUT2D eigenvalue weighted by atomic mass is 10.2. The van der Waals surface area contributed by atoms with Crippen molar-refractivity contribution in [3.8, 4) is 0 Å².